The van der Waals surface area contributed by atoms with Crippen molar-refractivity contribution in [3.05, 3.63) is 85.1 Å². The van der Waals surface area contributed by atoms with Crippen LogP contribution >= 0.6 is 7.82 Å². The van der Waals surface area contributed by atoms with Crippen LogP contribution in [0.25, 0.3) is 0 Å². The second-order valence-corrected chi connectivity index (χ2v) is 15.4. The molecule has 0 amide bonds. The van der Waals surface area contributed by atoms with Gasteiger partial charge in [-0.05, 0) is 89.9 Å². The summed E-state index contributed by atoms with van der Waals surface area (Å²) in [5.74, 6) is -0.989. The quantitative estimate of drug-likeness (QED) is 0.0237. The van der Waals surface area contributed by atoms with Gasteiger partial charge in [0.05, 0.1) is 19.8 Å². The molecule has 0 bridgehead atoms. The zero-order valence-electron chi connectivity index (χ0n) is 35.3. The van der Waals surface area contributed by atoms with E-state index in [1.807, 2.05) is 0 Å². The molecule has 0 saturated carbocycles. The highest BCUT2D eigenvalue weighted by molar-refractivity contribution is 7.47. The fourth-order valence-electron chi connectivity index (χ4n) is 5.22. The summed E-state index contributed by atoms with van der Waals surface area (Å²) in [6, 6.07) is 0. The predicted octanol–water partition coefficient (Wildman–Crippen LogP) is 11.4. The highest BCUT2D eigenvalue weighted by atomic mass is 31.2. The molecule has 0 fully saturated rings. The number of rotatable bonds is 39. The average Bonchev–Trinajstić information content (AvgIpc) is 3.20. The molecule has 0 aliphatic carbocycles. The van der Waals surface area contributed by atoms with Crippen molar-refractivity contribution in [2.75, 3.05) is 26.4 Å². The molecule has 3 atom stereocenters. The van der Waals surface area contributed by atoms with Crippen molar-refractivity contribution in [3.8, 4) is 0 Å². The molecule has 326 valence electrons. The number of phosphoric acid groups is 1. The Kier molecular flexibility index (Phi) is 39.2. The minimum absolute atomic E-state index is 0.138. The van der Waals surface area contributed by atoms with Crippen LogP contribution in [-0.2, 0) is 32.7 Å². The molecule has 0 aliphatic rings. The van der Waals surface area contributed by atoms with Crippen LogP contribution < -0.4 is 0 Å². The Morgan fingerprint density at radius 2 is 0.965 bits per heavy atom. The number of esters is 2. The summed E-state index contributed by atoms with van der Waals surface area (Å²) in [4.78, 5) is 35.0. The first-order chi connectivity index (χ1) is 27.7. The second-order valence-electron chi connectivity index (χ2n) is 14.0. The monoisotopic (exact) mass is 821 g/mol. The fraction of sp³-hybridized carbons (Fsp3) is 0.652. The van der Waals surface area contributed by atoms with Gasteiger partial charge in [-0.25, -0.2) is 4.57 Å². The minimum atomic E-state index is -4.64. The number of allylic oxidation sites excluding steroid dienone is 14. The third-order valence-electron chi connectivity index (χ3n) is 8.53. The Morgan fingerprint density at radius 1 is 0.544 bits per heavy atom. The van der Waals surface area contributed by atoms with E-state index >= 15 is 0 Å². The first kappa shape index (κ1) is 54.2. The summed E-state index contributed by atoms with van der Waals surface area (Å²) in [6.07, 6.45) is 48.3. The number of carbonyl (C=O) groups is 2. The molecule has 0 aliphatic heterocycles. The van der Waals surface area contributed by atoms with Crippen LogP contribution in [0.5, 0.6) is 0 Å². The number of ether oxygens (including phenoxy) is 2. The maximum absolute atomic E-state index is 12.6. The molecule has 11 heteroatoms. The van der Waals surface area contributed by atoms with Crippen molar-refractivity contribution >= 4 is 19.8 Å². The van der Waals surface area contributed by atoms with Gasteiger partial charge < -0.3 is 24.6 Å². The van der Waals surface area contributed by atoms with Crippen LogP contribution in [0.4, 0.5) is 0 Å². The topological polar surface area (TPSA) is 149 Å². The fourth-order valence-corrected chi connectivity index (χ4v) is 6.01. The third-order valence-corrected chi connectivity index (χ3v) is 9.48. The molecule has 0 spiro atoms. The van der Waals surface area contributed by atoms with E-state index in [1.54, 1.807) is 0 Å². The highest BCUT2D eigenvalue weighted by Gasteiger charge is 2.27. The first-order valence-corrected chi connectivity index (χ1v) is 23.0. The molecular formula is C46H77O10P. The molecule has 0 aromatic rings. The maximum Gasteiger partial charge on any atom is 0.472 e. The molecule has 0 aromatic heterocycles. The third kappa shape index (κ3) is 41.1. The van der Waals surface area contributed by atoms with E-state index in [0.29, 0.717) is 12.8 Å². The maximum atomic E-state index is 12.6. The summed E-state index contributed by atoms with van der Waals surface area (Å²) < 4.78 is 32.7. The molecule has 0 radical (unpaired) electrons. The number of carbonyl (C=O) groups excluding carboxylic acids is 2. The lowest BCUT2D eigenvalue weighted by Gasteiger charge is -2.20. The van der Waals surface area contributed by atoms with Gasteiger partial charge >= 0.3 is 19.8 Å². The van der Waals surface area contributed by atoms with Gasteiger partial charge in [0.15, 0.2) is 6.10 Å². The lowest BCUT2D eigenvalue weighted by molar-refractivity contribution is -0.161. The lowest BCUT2D eigenvalue weighted by atomic mass is 10.1. The van der Waals surface area contributed by atoms with Crippen molar-refractivity contribution in [1.82, 2.24) is 0 Å². The second kappa shape index (κ2) is 41.3. The molecule has 0 heterocycles. The zero-order chi connectivity index (χ0) is 41.9. The van der Waals surface area contributed by atoms with Gasteiger partial charge in [-0.2, -0.15) is 0 Å². The molecule has 0 saturated heterocycles. The van der Waals surface area contributed by atoms with E-state index in [4.69, 9.17) is 19.1 Å². The van der Waals surface area contributed by atoms with Crippen molar-refractivity contribution < 1.29 is 47.8 Å². The van der Waals surface area contributed by atoms with Crippen LogP contribution in [0.3, 0.4) is 0 Å². The van der Waals surface area contributed by atoms with Crippen LogP contribution in [0.15, 0.2) is 85.1 Å². The SMILES string of the molecule is CC/C=C/C/C=C/C/C=C/CCCCCCCC(=O)OC[C@H](COP(=O)(O)OC[C@@H](O)CO)OC(=O)CCCCC/C=C/C/C=C/C/C=C/C/C=C/CCCCC. The first-order valence-electron chi connectivity index (χ1n) is 21.5. The van der Waals surface area contributed by atoms with E-state index in [0.717, 1.165) is 89.9 Å². The summed E-state index contributed by atoms with van der Waals surface area (Å²) in [5, 5.41) is 18.3. The summed E-state index contributed by atoms with van der Waals surface area (Å²) in [5.41, 5.74) is 0. The molecule has 0 aromatic carbocycles. The van der Waals surface area contributed by atoms with Crippen LogP contribution in [0, 0.1) is 0 Å². The largest absolute Gasteiger partial charge is 0.472 e. The Balaban J connectivity index is 4.41. The van der Waals surface area contributed by atoms with E-state index in [-0.39, 0.29) is 19.4 Å². The van der Waals surface area contributed by atoms with Crippen molar-refractivity contribution in [3.63, 3.8) is 0 Å². The van der Waals surface area contributed by atoms with Crippen molar-refractivity contribution in [2.24, 2.45) is 0 Å². The summed E-state index contributed by atoms with van der Waals surface area (Å²) in [6.45, 7) is 2.16. The van der Waals surface area contributed by atoms with Crippen LogP contribution in [0.2, 0.25) is 0 Å². The Bertz CT molecular complexity index is 1220. The molecule has 10 nitrogen and oxygen atoms in total. The number of aliphatic hydroxyl groups is 2. The van der Waals surface area contributed by atoms with Gasteiger partial charge in [-0.15, -0.1) is 0 Å². The van der Waals surface area contributed by atoms with E-state index < -0.39 is 51.8 Å². The zero-order valence-corrected chi connectivity index (χ0v) is 36.2. The number of hydrogen-bond donors (Lipinski definition) is 3. The standard InChI is InChI=1S/C46H77O10P/c1-3-5-7-9-11-13-15-17-19-20-21-22-24-26-28-30-32-34-36-38-46(50)56-44(42-55-57(51,52)54-40-43(48)39-47)41-53-45(49)37-35-33-31-29-27-25-23-18-16-14-12-10-8-6-4-2/h6,8,11-14,17-19,21-23,26,28,43-44,47-48H,3-5,7,9-10,15-16,20,24-25,27,29-42H2,1-2H3,(H,51,52)/b8-6+,13-11+,14-12+,19-17+,22-21+,23-18+,28-26+/t43-,44+/m0/s1. The Morgan fingerprint density at radius 3 is 1.47 bits per heavy atom. The van der Waals surface area contributed by atoms with Gasteiger partial charge in [0.25, 0.3) is 0 Å². The van der Waals surface area contributed by atoms with Crippen molar-refractivity contribution in [2.45, 2.75) is 167 Å². The number of unbranched alkanes of at least 4 members (excludes halogenated alkanes) is 11. The normalized spacial score (nSPS) is 14.7. The number of aliphatic hydroxyl groups excluding tert-OH is 2. The van der Waals surface area contributed by atoms with Crippen molar-refractivity contribution in [1.29, 1.82) is 0 Å². The van der Waals surface area contributed by atoms with Gasteiger partial charge in [0.1, 0.15) is 12.7 Å². The number of phosphoric ester groups is 1. The van der Waals surface area contributed by atoms with E-state index in [1.165, 1.54) is 25.7 Å². The average molecular weight is 821 g/mol. The number of hydrogen-bond acceptors (Lipinski definition) is 9. The minimum Gasteiger partial charge on any atom is -0.462 e. The van der Waals surface area contributed by atoms with Gasteiger partial charge in [-0.3, -0.25) is 18.6 Å². The van der Waals surface area contributed by atoms with Gasteiger partial charge in [-0.1, -0.05) is 137 Å². The smallest absolute Gasteiger partial charge is 0.462 e. The van der Waals surface area contributed by atoms with E-state index in [2.05, 4.69) is 103 Å². The highest BCUT2D eigenvalue weighted by Crippen LogP contribution is 2.43. The lowest BCUT2D eigenvalue weighted by Crippen LogP contribution is -2.29. The Hall–Kier alpha value is -2.85. The van der Waals surface area contributed by atoms with Gasteiger partial charge in [0.2, 0.25) is 0 Å². The summed E-state index contributed by atoms with van der Waals surface area (Å²) >= 11 is 0. The van der Waals surface area contributed by atoms with E-state index in [9.17, 15) is 24.2 Å². The predicted molar refractivity (Wildman–Crippen MR) is 233 cm³/mol. The molecule has 3 N–H and O–H groups in total. The Labute approximate surface area is 345 Å². The molecular weight excluding hydrogens is 743 g/mol. The van der Waals surface area contributed by atoms with Crippen LogP contribution in [0.1, 0.15) is 155 Å². The molecule has 0 rings (SSSR count). The molecule has 57 heavy (non-hydrogen) atoms. The van der Waals surface area contributed by atoms with Crippen LogP contribution in [-0.4, -0.2) is 65.7 Å². The van der Waals surface area contributed by atoms with Gasteiger partial charge in [0, 0.05) is 12.8 Å². The molecule has 1 unspecified atom stereocenters. The summed E-state index contributed by atoms with van der Waals surface area (Å²) in [7, 11) is -4.64.